The Morgan fingerprint density at radius 1 is 0.955 bits per heavy atom. The fourth-order valence-corrected chi connectivity index (χ4v) is 10.4. The van der Waals surface area contributed by atoms with Gasteiger partial charge in [-0.15, -0.1) is 6.42 Å². The lowest BCUT2D eigenvalue weighted by Gasteiger charge is -2.35. The van der Waals surface area contributed by atoms with Crippen molar-refractivity contribution in [3.05, 3.63) is 47.7 Å². The number of phenols is 1. The van der Waals surface area contributed by atoms with Gasteiger partial charge in [0.1, 0.15) is 34.6 Å². The Morgan fingerprint density at radius 2 is 1.65 bits per heavy atom. The summed E-state index contributed by atoms with van der Waals surface area (Å²) in [5.74, 6) is 1.49. The van der Waals surface area contributed by atoms with E-state index in [0.717, 1.165) is 110 Å². The second-order valence-corrected chi connectivity index (χ2v) is 20.0. The molecule has 0 saturated carbocycles. The summed E-state index contributed by atoms with van der Waals surface area (Å²) in [6.45, 7) is 16.6. The van der Waals surface area contributed by atoms with Crippen LogP contribution >= 0.6 is 0 Å². The molecule has 0 aliphatic carbocycles. The largest absolute Gasteiger partial charge is 0.508 e. The molecule has 2 aromatic heterocycles. The molecule has 4 aliphatic rings. The quantitative estimate of drug-likeness (QED) is 0.0745. The molecular formula is C51H67F2N9O4. The van der Waals surface area contributed by atoms with Crippen molar-refractivity contribution in [1.29, 1.82) is 0 Å². The van der Waals surface area contributed by atoms with E-state index in [0.29, 0.717) is 54.8 Å². The van der Waals surface area contributed by atoms with E-state index in [9.17, 15) is 19.1 Å². The number of piperazine rings is 2. The molecule has 4 saturated heterocycles. The summed E-state index contributed by atoms with van der Waals surface area (Å²) >= 11 is 0. The normalized spacial score (nSPS) is 20.8. The number of rotatable bonds is 17. The number of carbonyl (C=O) groups is 2. The number of fused-ring (bicyclic) bond motifs is 4. The Balaban J connectivity index is 0.807. The van der Waals surface area contributed by atoms with Crippen LogP contribution in [0.15, 0.2) is 30.5 Å². The number of amides is 2. The van der Waals surface area contributed by atoms with Crippen molar-refractivity contribution in [3.8, 4) is 35.4 Å². The number of nitrogens with zero attached hydrogens (tertiary/aromatic N) is 7. The summed E-state index contributed by atoms with van der Waals surface area (Å²) in [7, 11) is 0. The lowest BCUT2D eigenvalue weighted by Crippen LogP contribution is -2.55. The summed E-state index contributed by atoms with van der Waals surface area (Å²) in [6, 6.07) is 5.97. The van der Waals surface area contributed by atoms with Crippen molar-refractivity contribution >= 4 is 39.3 Å². The van der Waals surface area contributed by atoms with Gasteiger partial charge in [-0.1, -0.05) is 52.0 Å². The molecule has 3 unspecified atom stereocenters. The molecule has 354 valence electrons. The summed E-state index contributed by atoms with van der Waals surface area (Å²) in [5.41, 5.74) is -0.289. The van der Waals surface area contributed by atoms with Gasteiger partial charge in [-0.25, -0.2) is 8.78 Å². The van der Waals surface area contributed by atoms with Crippen LogP contribution < -0.4 is 20.3 Å². The van der Waals surface area contributed by atoms with Crippen LogP contribution in [0.3, 0.4) is 0 Å². The second-order valence-electron chi connectivity index (χ2n) is 20.0. The van der Waals surface area contributed by atoms with E-state index in [4.69, 9.17) is 16.1 Å². The average Bonchev–Trinajstić information content (AvgIpc) is 3.89. The van der Waals surface area contributed by atoms with Crippen molar-refractivity contribution in [2.45, 2.75) is 122 Å². The predicted octanol–water partition coefficient (Wildman–Crippen LogP) is 7.02. The fraction of sp³-hybridized carbons (Fsp3) is 0.588. The first-order chi connectivity index (χ1) is 31.8. The number of hydrogen-bond acceptors (Lipinski definition) is 11. The van der Waals surface area contributed by atoms with Gasteiger partial charge in [-0.2, -0.15) is 9.97 Å². The Labute approximate surface area is 388 Å². The molecule has 2 aromatic carbocycles. The van der Waals surface area contributed by atoms with Gasteiger partial charge in [0.05, 0.1) is 17.6 Å². The van der Waals surface area contributed by atoms with E-state index in [1.165, 1.54) is 24.3 Å². The van der Waals surface area contributed by atoms with Crippen LogP contribution in [0.4, 0.5) is 14.6 Å². The third kappa shape index (κ3) is 10.8. The maximum absolute atomic E-state index is 16.9. The summed E-state index contributed by atoms with van der Waals surface area (Å²) in [6.07, 6.45) is 17.8. The maximum Gasteiger partial charge on any atom is 0.319 e. The number of carbonyl (C=O) groups excluding carboxylic acids is 2. The molecule has 15 heteroatoms. The highest BCUT2D eigenvalue weighted by Crippen LogP contribution is 2.39. The van der Waals surface area contributed by atoms with Gasteiger partial charge in [0.2, 0.25) is 11.8 Å². The number of hydrogen-bond donors (Lipinski definition) is 3. The van der Waals surface area contributed by atoms with Gasteiger partial charge in [0.15, 0.2) is 5.82 Å². The summed E-state index contributed by atoms with van der Waals surface area (Å²) in [5, 5.41) is 18.5. The van der Waals surface area contributed by atoms with Crippen LogP contribution in [-0.4, -0.2) is 136 Å². The minimum Gasteiger partial charge on any atom is -0.508 e. The highest BCUT2D eigenvalue weighted by atomic mass is 19.1. The zero-order valence-electron chi connectivity index (χ0n) is 39.2. The minimum atomic E-state index is -0.733. The summed E-state index contributed by atoms with van der Waals surface area (Å²) in [4.78, 5) is 49.3. The second kappa shape index (κ2) is 20.8. The predicted molar refractivity (Wildman–Crippen MR) is 254 cm³/mol. The molecule has 4 fully saturated rings. The lowest BCUT2D eigenvalue weighted by molar-refractivity contribution is -0.140. The van der Waals surface area contributed by atoms with Crippen LogP contribution in [0.5, 0.6) is 11.8 Å². The standard InChI is InChI=1S/C51H67F2N9O4/c1-6-38-41(52)19-16-34-28-37(63)29-39(43(34)38)45-44(53)46-40(30-54-45)48(61-31-35-17-18-36(32-61)55-35)58-50(57-46)66-27-13-21-60-25-23-59(24-26-60)20-11-9-7-8-10-15-42(64)56-47(51(3,4)5)49(65)62-22-12-14-33(62)2/h1,16,19,28-30,33,35-36,47,55,63H,7-15,17-18,20-27,31-32H2,2-5H3,(H,56,64)/t33?,35?,36?,47-/m1/s1. The van der Waals surface area contributed by atoms with E-state index in [2.05, 4.69) is 48.1 Å². The number of unbranched alkanes of at least 4 members (excludes halogenated alkanes) is 4. The molecule has 66 heavy (non-hydrogen) atoms. The first-order valence-electron chi connectivity index (χ1n) is 24.2. The van der Waals surface area contributed by atoms with Crippen molar-refractivity contribution in [2.24, 2.45) is 5.41 Å². The molecule has 8 rings (SSSR count). The third-order valence-corrected chi connectivity index (χ3v) is 14.1. The Bertz CT molecular complexity index is 2420. The molecule has 0 radical (unpaired) electrons. The highest BCUT2D eigenvalue weighted by molar-refractivity contribution is 6.03. The summed E-state index contributed by atoms with van der Waals surface area (Å²) < 4.78 is 38.1. The van der Waals surface area contributed by atoms with Gasteiger partial charge < -0.3 is 40.1 Å². The monoisotopic (exact) mass is 908 g/mol. The van der Waals surface area contributed by atoms with E-state index in [1.807, 2.05) is 25.7 Å². The maximum atomic E-state index is 16.9. The number of anilines is 1. The number of likely N-dealkylation sites (tertiary alicyclic amines) is 1. The lowest BCUT2D eigenvalue weighted by atomic mass is 9.85. The Kier molecular flexibility index (Phi) is 14.9. The zero-order chi connectivity index (χ0) is 46.5. The molecule has 0 spiro atoms. The van der Waals surface area contributed by atoms with E-state index in [1.54, 1.807) is 6.20 Å². The van der Waals surface area contributed by atoms with Crippen LogP contribution in [0.25, 0.3) is 32.9 Å². The molecule has 2 bridgehead atoms. The molecule has 2 amide bonds. The number of benzene rings is 2. The number of pyridine rings is 1. The van der Waals surface area contributed by atoms with Crippen molar-refractivity contribution in [1.82, 2.24) is 40.3 Å². The number of phenolic OH excluding ortho intramolecular Hbond substituents is 1. The number of terminal acetylenes is 1. The number of aromatic hydroxyl groups is 1. The number of aromatic nitrogens is 3. The fourth-order valence-electron chi connectivity index (χ4n) is 10.4. The first-order valence-corrected chi connectivity index (χ1v) is 24.2. The topological polar surface area (TPSA) is 139 Å². The van der Waals surface area contributed by atoms with Crippen molar-refractivity contribution < 1.29 is 28.2 Å². The Morgan fingerprint density at radius 3 is 2.33 bits per heavy atom. The molecule has 13 nitrogen and oxygen atoms in total. The number of ether oxygens (including phenoxy) is 1. The van der Waals surface area contributed by atoms with Crippen molar-refractivity contribution in [3.63, 3.8) is 0 Å². The van der Waals surface area contributed by atoms with Gasteiger partial charge >= 0.3 is 6.01 Å². The van der Waals surface area contributed by atoms with Crippen LogP contribution in [0, 0.1) is 29.4 Å². The molecule has 3 N–H and O–H groups in total. The minimum absolute atomic E-state index is 0.0307. The molecule has 4 atom stereocenters. The SMILES string of the molecule is C#Cc1c(F)ccc2cc(O)cc(-c3ncc4c(N5CC6CCC(C5)N6)nc(OCCCN5CCN(CCCCCCCC(=O)N[C@H](C(=O)N6CCCC6C)C(C)(C)C)CC5)nc4c3F)c12. The van der Waals surface area contributed by atoms with Crippen LogP contribution in [-0.2, 0) is 9.59 Å². The Hall–Kier alpha value is -5.17. The van der Waals surface area contributed by atoms with Gasteiger partial charge in [-0.05, 0) is 87.4 Å². The molecule has 6 heterocycles. The zero-order valence-corrected chi connectivity index (χ0v) is 39.2. The molecular weight excluding hydrogens is 841 g/mol. The van der Waals surface area contributed by atoms with Gasteiger partial charge in [0.25, 0.3) is 0 Å². The first kappa shape index (κ1) is 47.3. The highest BCUT2D eigenvalue weighted by Gasteiger charge is 2.39. The van der Waals surface area contributed by atoms with Crippen LogP contribution in [0.2, 0.25) is 0 Å². The van der Waals surface area contributed by atoms with Crippen molar-refractivity contribution in [2.75, 3.05) is 70.4 Å². The third-order valence-electron chi connectivity index (χ3n) is 14.1. The van der Waals surface area contributed by atoms with Gasteiger partial charge in [-0.3, -0.25) is 14.6 Å². The van der Waals surface area contributed by atoms with Crippen LogP contribution in [0.1, 0.15) is 104 Å². The van der Waals surface area contributed by atoms with E-state index < -0.39 is 17.7 Å². The molecule has 4 aromatic rings. The van der Waals surface area contributed by atoms with E-state index in [-0.39, 0.29) is 62.8 Å². The molecule has 4 aliphatic heterocycles. The smallest absolute Gasteiger partial charge is 0.319 e. The van der Waals surface area contributed by atoms with Gasteiger partial charge in [0, 0.05) is 94.1 Å². The number of nitrogens with one attached hydrogen (secondary N) is 2. The van der Waals surface area contributed by atoms with E-state index >= 15 is 4.39 Å². The average molecular weight is 908 g/mol. The number of halogens is 2.